The average Bonchev–Trinajstić information content (AvgIpc) is 2.74. The number of primary amides is 1. The molecule has 1 aromatic carbocycles. The second-order valence-electron chi connectivity index (χ2n) is 10.5. The van der Waals surface area contributed by atoms with E-state index in [1.165, 1.54) is 25.1 Å². The topological polar surface area (TPSA) is 211 Å². The molecular formula is C25H29N5O6. The number of phenols is 1. The van der Waals surface area contributed by atoms with Crippen LogP contribution in [0.3, 0.4) is 0 Å². The Kier molecular flexibility index (Phi) is 5.71. The van der Waals surface area contributed by atoms with Gasteiger partial charge in [0.25, 0.3) is 0 Å². The number of aromatic hydroxyl groups is 1. The Morgan fingerprint density at radius 3 is 2.36 bits per heavy atom. The molecule has 0 heterocycles. The summed E-state index contributed by atoms with van der Waals surface area (Å²) in [5, 5.41) is 20.9. The molecule has 3 aliphatic carbocycles. The van der Waals surface area contributed by atoms with Crippen LogP contribution >= 0.6 is 0 Å². The van der Waals surface area contributed by atoms with E-state index >= 15 is 0 Å². The number of carbonyl (C=O) groups is 5. The highest BCUT2D eigenvalue weighted by Crippen LogP contribution is 2.56. The van der Waals surface area contributed by atoms with Crippen molar-refractivity contribution < 1.29 is 29.1 Å². The largest absolute Gasteiger partial charge is 0.507 e. The van der Waals surface area contributed by atoms with Crippen molar-refractivity contribution >= 4 is 29.0 Å². The first-order chi connectivity index (χ1) is 16.7. The van der Waals surface area contributed by atoms with Gasteiger partial charge in [0, 0.05) is 5.54 Å². The number of fused-ring (bicyclic) bond motifs is 3. The monoisotopic (exact) mass is 495 g/mol. The highest BCUT2D eigenvalue weighted by molar-refractivity contribution is 6.33. The molecule has 0 aliphatic heterocycles. The van der Waals surface area contributed by atoms with Crippen LogP contribution in [-0.4, -0.2) is 70.3 Å². The van der Waals surface area contributed by atoms with Gasteiger partial charge in [-0.05, 0) is 50.6 Å². The van der Waals surface area contributed by atoms with Gasteiger partial charge in [0.1, 0.15) is 11.7 Å². The Morgan fingerprint density at radius 1 is 1.19 bits per heavy atom. The van der Waals surface area contributed by atoms with E-state index in [2.05, 4.69) is 0 Å². The second kappa shape index (κ2) is 8.03. The van der Waals surface area contributed by atoms with Crippen LogP contribution < -0.4 is 17.2 Å². The van der Waals surface area contributed by atoms with E-state index in [1.54, 1.807) is 12.1 Å². The first-order valence-electron chi connectivity index (χ1n) is 11.7. The number of nitrogens with zero attached hydrogens (tertiary/aromatic N) is 2. The quantitative estimate of drug-likeness (QED) is 0.365. The van der Waals surface area contributed by atoms with Gasteiger partial charge in [-0.3, -0.25) is 28.9 Å². The van der Waals surface area contributed by atoms with Crippen LogP contribution in [0.15, 0.2) is 12.1 Å². The van der Waals surface area contributed by atoms with Gasteiger partial charge >= 0.3 is 0 Å². The summed E-state index contributed by atoms with van der Waals surface area (Å²) in [4.78, 5) is 68.4. The van der Waals surface area contributed by atoms with Crippen LogP contribution in [0, 0.1) is 28.6 Å². The zero-order valence-corrected chi connectivity index (χ0v) is 20.3. The minimum absolute atomic E-state index is 0.0452. The maximum Gasteiger partial charge on any atom is 0.235 e. The number of nitriles is 1. The van der Waals surface area contributed by atoms with Crippen molar-refractivity contribution in [3.8, 4) is 11.8 Å². The van der Waals surface area contributed by atoms with Crippen molar-refractivity contribution in [1.29, 1.82) is 5.26 Å². The minimum atomic E-state index is -2.73. The van der Waals surface area contributed by atoms with Gasteiger partial charge in [0.15, 0.2) is 34.5 Å². The number of likely N-dealkylation sites (N-methyl/N-ethyl adjacent to an activating group) is 1. The lowest BCUT2D eigenvalue weighted by Gasteiger charge is -2.60. The molecule has 1 aromatic rings. The summed E-state index contributed by atoms with van der Waals surface area (Å²) in [6.45, 7) is 1.95. The lowest BCUT2D eigenvalue weighted by Crippen LogP contribution is -2.85. The SMILES string of the molecule is CCCc1ccc(O)c2c1C[C@@]1(N)C[C@@]3(N)[C@H](N(C)C)C(=O)C(C(N)=O)C(=O)[C@@]3(C#N)C(=O)C1C2=O. The number of hydrogen-bond acceptors (Lipinski definition) is 10. The van der Waals surface area contributed by atoms with Crippen LogP contribution in [-0.2, 0) is 32.0 Å². The molecule has 190 valence electrons. The molecule has 3 aliphatic rings. The second-order valence-corrected chi connectivity index (χ2v) is 10.5. The average molecular weight is 496 g/mol. The minimum Gasteiger partial charge on any atom is -0.507 e. The molecule has 6 atom stereocenters. The van der Waals surface area contributed by atoms with Crippen LogP contribution in [0.25, 0.3) is 0 Å². The predicted molar refractivity (Wildman–Crippen MR) is 125 cm³/mol. The molecule has 0 bridgehead atoms. The molecule has 0 radical (unpaired) electrons. The maximum absolute atomic E-state index is 14.2. The number of amides is 1. The van der Waals surface area contributed by atoms with E-state index in [4.69, 9.17) is 17.2 Å². The summed E-state index contributed by atoms with van der Waals surface area (Å²) in [5.74, 6) is -9.69. The molecule has 1 amide bonds. The summed E-state index contributed by atoms with van der Waals surface area (Å²) < 4.78 is 0. The Morgan fingerprint density at radius 2 is 1.83 bits per heavy atom. The Hall–Kier alpha value is -3.46. The summed E-state index contributed by atoms with van der Waals surface area (Å²) in [6, 6.07) is 3.32. The van der Waals surface area contributed by atoms with Gasteiger partial charge in [0.05, 0.1) is 23.2 Å². The third-order valence-corrected chi connectivity index (χ3v) is 8.09. The van der Waals surface area contributed by atoms with Gasteiger partial charge in [-0.1, -0.05) is 19.4 Å². The first-order valence-corrected chi connectivity index (χ1v) is 11.7. The Balaban J connectivity index is 2.02. The molecule has 2 fully saturated rings. The summed E-state index contributed by atoms with van der Waals surface area (Å²) >= 11 is 0. The standard InChI is InChI=1S/C25H29N5O6/c1-4-5-11-6-7-13(31)14-12(11)8-23(28)9-25(29)19(30(2)3)18(33)15(22(27)36)20(34)24(25,10-26)21(35)16(23)17(14)32/h6-7,15-16,19,31H,4-5,8-9,28-29H2,1-3H3,(H2,27,36)/t15?,16?,19-,23-,24+,25-/m1/s1. The highest BCUT2D eigenvalue weighted by Gasteiger charge is 2.78. The van der Waals surface area contributed by atoms with E-state index in [0.717, 1.165) is 12.0 Å². The van der Waals surface area contributed by atoms with Gasteiger partial charge in [-0.2, -0.15) is 5.26 Å². The number of carbonyl (C=O) groups excluding carboxylic acids is 5. The summed E-state index contributed by atoms with van der Waals surface area (Å²) in [6.07, 6.45) is 0.862. The molecule has 36 heavy (non-hydrogen) atoms. The zero-order chi connectivity index (χ0) is 27.0. The highest BCUT2D eigenvalue weighted by atomic mass is 16.3. The van der Waals surface area contributed by atoms with Gasteiger partial charge < -0.3 is 22.3 Å². The number of Topliss-reactive ketones (excluding diaryl/α,β-unsaturated/α-hetero) is 4. The van der Waals surface area contributed by atoms with Crippen LogP contribution in [0.4, 0.5) is 0 Å². The van der Waals surface area contributed by atoms with Crippen molar-refractivity contribution in [3.05, 3.63) is 28.8 Å². The normalized spacial score (nSPS) is 35.6. The maximum atomic E-state index is 14.2. The fourth-order valence-electron chi connectivity index (χ4n) is 6.77. The lowest BCUT2D eigenvalue weighted by atomic mass is 9.42. The number of hydrogen-bond donors (Lipinski definition) is 4. The summed E-state index contributed by atoms with van der Waals surface area (Å²) in [7, 11) is 2.93. The third-order valence-electron chi connectivity index (χ3n) is 8.09. The van der Waals surface area contributed by atoms with E-state index in [9.17, 15) is 34.3 Å². The van der Waals surface area contributed by atoms with Crippen molar-refractivity contribution in [2.24, 2.45) is 34.5 Å². The molecule has 2 saturated carbocycles. The lowest BCUT2D eigenvalue weighted by molar-refractivity contribution is -0.166. The number of nitrogens with two attached hydrogens (primary N) is 3. The van der Waals surface area contributed by atoms with Gasteiger partial charge in [-0.25, -0.2) is 0 Å². The fourth-order valence-corrected chi connectivity index (χ4v) is 6.77. The molecule has 0 aromatic heterocycles. The van der Waals surface area contributed by atoms with E-state index in [1.807, 2.05) is 6.92 Å². The van der Waals surface area contributed by atoms with Crippen molar-refractivity contribution in [2.45, 2.75) is 49.7 Å². The van der Waals surface area contributed by atoms with E-state index in [0.29, 0.717) is 12.0 Å². The van der Waals surface area contributed by atoms with Crippen LogP contribution in [0.2, 0.25) is 0 Å². The molecule has 11 heteroatoms. The first kappa shape index (κ1) is 25.6. The van der Waals surface area contributed by atoms with Crippen LogP contribution in [0.1, 0.15) is 41.3 Å². The van der Waals surface area contributed by atoms with Crippen LogP contribution in [0.5, 0.6) is 5.75 Å². The smallest absolute Gasteiger partial charge is 0.235 e. The Labute approximate surface area is 207 Å². The zero-order valence-electron chi connectivity index (χ0n) is 20.3. The molecule has 0 saturated heterocycles. The van der Waals surface area contributed by atoms with Crippen molar-refractivity contribution in [2.75, 3.05) is 14.1 Å². The summed E-state index contributed by atoms with van der Waals surface area (Å²) in [5.41, 5.74) is 13.5. The van der Waals surface area contributed by atoms with E-state index < -0.39 is 69.8 Å². The molecule has 0 spiro atoms. The number of phenolic OH excluding ortho intramolecular Hbond substituents is 1. The Bertz CT molecular complexity index is 1280. The molecule has 4 rings (SSSR count). The number of rotatable bonds is 4. The molecule has 2 unspecified atom stereocenters. The number of ketones is 4. The predicted octanol–water partition coefficient (Wildman–Crippen LogP) is -1.24. The van der Waals surface area contributed by atoms with Crippen molar-refractivity contribution in [1.82, 2.24) is 4.90 Å². The molecule has 7 N–H and O–H groups in total. The third kappa shape index (κ3) is 2.92. The van der Waals surface area contributed by atoms with Crippen molar-refractivity contribution in [3.63, 3.8) is 0 Å². The fraction of sp³-hybridized carbons (Fsp3) is 0.520. The number of aryl methyl sites for hydroxylation is 1. The number of benzene rings is 1. The van der Waals surface area contributed by atoms with Gasteiger partial charge in [0.2, 0.25) is 5.91 Å². The molecule has 11 nitrogen and oxygen atoms in total. The van der Waals surface area contributed by atoms with Gasteiger partial charge in [-0.15, -0.1) is 0 Å². The molecular weight excluding hydrogens is 466 g/mol. The van der Waals surface area contributed by atoms with E-state index in [-0.39, 0.29) is 17.7 Å².